The third kappa shape index (κ3) is 1.06. The molecular formula is C12H7N3OS. The molecule has 0 atom stereocenters. The molecule has 4 rings (SSSR count). The van der Waals surface area contributed by atoms with Crippen molar-refractivity contribution in [3.63, 3.8) is 0 Å². The summed E-state index contributed by atoms with van der Waals surface area (Å²) in [5, 5.41) is 3.54. The fourth-order valence-corrected chi connectivity index (χ4v) is 2.87. The van der Waals surface area contributed by atoms with E-state index in [1.807, 2.05) is 40.2 Å². The average molecular weight is 241 g/mol. The van der Waals surface area contributed by atoms with Gasteiger partial charge in [0.2, 0.25) is 0 Å². The second-order valence-corrected chi connectivity index (χ2v) is 4.74. The zero-order chi connectivity index (χ0) is 11.4. The Morgan fingerprint density at radius 3 is 2.94 bits per heavy atom. The Balaban J connectivity index is 2.43. The number of aromatic nitrogens is 3. The molecule has 1 N–H and O–H groups in total. The van der Waals surface area contributed by atoms with E-state index >= 15 is 0 Å². The molecule has 0 saturated carbocycles. The summed E-state index contributed by atoms with van der Waals surface area (Å²) >= 11 is 1.56. The van der Waals surface area contributed by atoms with Gasteiger partial charge < -0.3 is 4.98 Å². The van der Waals surface area contributed by atoms with Crippen LogP contribution >= 0.6 is 11.3 Å². The SMILES string of the molecule is O=c1[nH]c2c(nc3sccn32)c2ccccc12. The van der Waals surface area contributed by atoms with Gasteiger partial charge in [0.15, 0.2) is 4.96 Å². The monoisotopic (exact) mass is 241 g/mol. The Hall–Kier alpha value is -2.14. The Labute approximate surface area is 99.2 Å². The van der Waals surface area contributed by atoms with Gasteiger partial charge in [0, 0.05) is 22.3 Å². The predicted octanol–water partition coefficient (Wildman–Crippen LogP) is 2.39. The average Bonchev–Trinajstić information content (AvgIpc) is 2.91. The molecule has 3 aromatic heterocycles. The minimum absolute atomic E-state index is 0.0684. The zero-order valence-electron chi connectivity index (χ0n) is 8.68. The topological polar surface area (TPSA) is 50.2 Å². The zero-order valence-corrected chi connectivity index (χ0v) is 9.49. The highest BCUT2D eigenvalue weighted by Crippen LogP contribution is 2.23. The summed E-state index contributed by atoms with van der Waals surface area (Å²) in [6.45, 7) is 0. The Morgan fingerprint density at radius 1 is 1.24 bits per heavy atom. The van der Waals surface area contributed by atoms with Crippen LogP contribution in [0.5, 0.6) is 0 Å². The van der Waals surface area contributed by atoms with Crippen molar-refractivity contribution in [2.75, 3.05) is 0 Å². The van der Waals surface area contributed by atoms with Crippen LogP contribution in [0.15, 0.2) is 40.6 Å². The lowest BCUT2D eigenvalue weighted by molar-refractivity contribution is 1.20. The van der Waals surface area contributed by atoms with Crippen LogP contribution in [-0.2, 0) is 0 Å². The van der Waals surface area contributed by atoms with Crippen LogP contribution in [0.3, 0.4) is 0 Å². The number of fused-ring (bicyclic) bond motifs is 5. The molecule has 0 unspecified atom stereocenters. The van der Waals surface area contributed by atoms with E-state index in [-0.39, 0.29) is 5.56 Å². The van der Waals surface area contributed by atoms with Crippen LogP contribution in [0.2, 0.25) is 0 Å². The maximum Gasteiger partial charge on any atom is 0.257 e. The summed E-state index contributed by atoms with van der Waals surface area (Å²) < 4.78 is 1.91. The molecule has 4 aromatic rings. The molecule has 0 aliphatic carbocycles. The van der Waals surface area contributed by atoms with E-state index in [9.17, 15) is 4.79 Å². The fraction of sp³-hybridized carbons (Fsp3) is 0. The normalized spacial score (nSPS) is 11.8. The molecule has 0 aliphatic heterocycles. The van der Waals surface area contributed by atoms with E-state index in [2.05, 4.69) is 9.97 Å². The third-order valence-electron chi connectivity index (χ3n) is 2.92. The van der Waals surface area contributed by atoms with E-state index in [4.69, 9.17) is 0 Å². The van der Waals surface area contributed by atoms with Crippen LogP contribution in [0.25, 0.3) is 26.9 Å². The molecule has 82 valence electrons. The number of imidazole rings is 1. The molecule has 0 spiro atoms. The van der Waals surface area contributed by atoms with E-state index < -0.39 is 0 Å². The highest BCUT2D eigenvalue weighted by Gasteiger charge is 2.10. The van der Waals surface area contributed by atoms with Crippen LogP contribution in [0.1, 0.15) is 0 Å². The number of pyridine rings is 1. The van der Waals surface area contributed by atoms with Crippen molar-refractivity contribution in [2.45, 2.75) is 0 Å². The number of hydrogen-bond donors (Lipinski definition) is 1. The molecule has 0 fully saturated rings. The Morgan fingerprint density at radius 2 is 2.06 bits per heavy atom. The van der Waals surface area contributed by atoms with Crippen molar-refractivity contribution in [1.82, 2.24) is 14.4 Å². The quantitative estimate of drug-likeness (QED) is 0.514. The first-order valence-electron chi connectivity index (χ1n) is 5.21. The largest absolute Gasteiger partial charge is 0.306 e. The van der Waals surface area contributed by atoms with Gasteiger partial charge in [-0.25, -0.2) is 4.98 Å². The highest BCUT2D eigenvalue weighted by atomic mass is 32.1. The minimum atomic E-state index is -0.0684. The lowest BCUT2D eigenvalue weighted by atomic mass is 10.1. The minimum Gasteiger partial charge on any atom is -0.306 e. The number of thiazole rings is 1. The van der Waals surface area contributed by atoms with Crippen molar-refractivity contribution >= 4 is 38.2 Å². The summed E-state index contributed by atoms with van der Waals surface area (Å²) in [7, 11) is 0. The van der Waals surface area contributed by atoms with Crippen LogP contribution in [0.4, 0.5) is 0 Å². The lowest BCUT2D eigenvalue weighted by Gasteiger charge is -1.97. The second kappa shape index (κ2) is 2.95. The molecule has 0 radical (unpaired) electrons. The fourth-order valence-electron chi connectivity index (χ4n) is 2.16. The lowest BCUT2D eigenvalue weighted by Crippen LogP contribution is -2.06. The summed E-state index contributed by atoms with van der Waals surface area (Å²) in [5.74, 6) is 0. The van der Waals surface area contributed by atoms with E-state index in [0.29, 0.717) is 5.39 Å². The van der Waals surface area contributed by atoms with Gasteiger partial charge >= 0.3 is 0 Å². The maximum absolute atomic E-state index is 12.0. The van der Waals surface area contributed by atoms with E-state index in [1.165, 1.54) is 0 Å². The first kappa shape index (κ1) is 8.95. The number of hydrogen-bond acceptors (Lipinski definition) is 3. The van der Waals surface area contributed by atoms with Crippen LogP contribution < -0.4 is 5.56 Å². The molecule has 5 heteroatoms. The molecule has 0 saturated heterocycles. The number of nitrogens with zero attached hydrogens (tertiary/aromatic N) is 2. The summed E-state index contributed by atoms with van der Waals surface area (Å²) in [6, 6.07) is 7.54. The van der Waals surface area contributed by atoms with E-state index in [0.717, 1.165) is 21.5 Å². The smallest absolute Gasteiger partial charge is 0.257 e. The summed E-state index contributed by atoms with van der Waals surface area (Å²) in [6.07, 6.45) is 1.92. The van der Waals surface area contributed by atoms with Crippen molar-refractivity contribution in [3.05, 3.63) is 46.2 Å². The summed E-state index contributed by atoms with van der Waals surface area (Å²) in [4.78, 5) is 20.3. The molecule has 4 nitrogen and oxygen atoms in total. The molecule has 0 aliphatic rings. The van der Waals surface area contributed by atoms with Crippen molar-refractivity contribution in [3.8, 4) is 0 Å². The third-order valence-corrected chi connectivity index (χ3v) is 3.68. The van der Waals surface area contributed by atoms with Crippen molar-refractivity contribution in [2.24, 2.45) is 0 Å². The van der Waals surface area contributed by atoms with Gasteiger partial charge in [0.1, 0.15) is 11.2 Å². The first-order valence-corrected chi connectivity index (χ1v) is 6.09. The standard InChI is InChI=1S/C12H7N3OS/c16-11-8-4-2-1-3-7(8)9-10(14-11)15-5-6-17-12(15)13-9/h1-6H,(H,14,16). The van der Waals surface area contributed by atoms with Crippen molar-refractivity contribution in [1.29, 1.82) is 0 Å². The maximum atomic E-state index is 12.0. The summed E-state index contributed by atoms with van der Waals surface area (Å²) in [5.41, 5.74) is 1.55. The first-order chi connectivity index (χ1) is 8.34. The molecule has 3 heterocycles. The number of rotatable bonds is 0. The molecule has 1 aromatic carbocycles. The predicted molar refractivity (Wildman–Crippen MR) is 68.7 cm³/mol. The number of nitrogens with one attached hydrogen (secondary N) is 1. The second-order valence-electron chi connectivity index (χ2n) is 3.86. The van der Waals surface area contributed by atoms with Gasteiger partial charge in [0.05, 0.1) is 0 Å². The van der Waals surface area contributed by atoms with Gasteiger partial charge in [-0.15, -0.1) is 11.3 Å². The molecule has 0 amide bonds. The van der Waals surface area contributed by atoms with Crippen LogP contribution in [-0.4, -0.2) is 14.4 Å². The number of H-pyrrole nitrogens is 1. The molecule has 0 bridgehead atoms. The Bertz CT molecular complexity index is 910. The Kier molecular flexibility index (Phi) is 1.55. The van der Waals surface area contributed by atoms with E-state index in [1.54, 1.807) is 11.3 Å². The van der Waals surface area contributed by atoms with Gasteiger partial charge in [0.25, 0.3) is 5.56 Å². The van der Waals surface area contributed by atoms with Crippen LogP contribution in [0, 0.1) is 0 Å². The number of aromatic amines is 1. The van der Waals surface area contributed by atoms with Gasteiger partial charge in [-0.1, -0.05) is 18.2 Å². The molecule has 17 heavy (non-hydrogen) atoms. The number of benzene rings is 1. The highest BCUT2D eigenvalue weighted by molar-refractivity contribution is 7.15. The van der Waals surface area contributed by atoms with Gasteiger partial charge in [-0.2, -0.15) is 0 Å². The van der Waals surface area contributed by atoms with Gasteiger partial charge in [-0.05, 0) is 6.07 Å². The van der Waals surface area contributed by atoms with Gasteiger partial charge in [-0.3, -0.25) is 9.20 Å². The molecular weight excluding hydrogens is 234 g/mol. The van der Waals surface area contributed by atoms with Crippen molar-refractivity contribution < 1.29 is 0 Å².